The fourth-order valence-electron chi connectivity index (χ4n) is 2.01. The van der Waals surface area contributed by atoms with Crippen LogP contribution in [0.3, 0.4) is 0 Å². The van der Waals surface area contributed by atoms with Gasteiger partial charge in [0.25, 0.3) is 5.91 Å². The average molecular weight is 335 g/mol. The van der Waals surface area contributed by atoms with Crippen molar-refractivity contribution in [3.8, 4) is 0 Å². The van der Waals surface area contributed by atoms with Crippen molar-refractivity contribution in [2.45, 2.75) is 6.42 Å². The molecule has 2 rings (SSSR count). The van der Waals surface area contributed by atoms with Crippen molar-refractivity contribution >= 4 is 23.4 Å². The van der Waals surface area contributed by atoms with Crippen molar-refractivity contribution < 1.29 is 14.0 Å². The number of hydrogen-bond donors (Lipinski definition) is 2. The molecule has 0 radical (unpaired) electrons. The van der Waals surface area contributed by atoms with Crippen LogP contribution in [0.5, 0.6) is 0 Å². The first-order valence-corrected chi connectivity index (χ1v) is 7.48. The van der Waals surface area contributed by atoms with Crippen LogP contribution in [0.4, 0.5) is 4.39 Å². The second kappa shape index (κ2) is 8.29. The van der Waals surface area contributed by atoms with E-state index in [1.807, 2.05) is 0 Å². The largest absolute Gasteiger partial charge is 0.354 e. The zero-order valence-electron chi connectivity index (χ0n) is 12.3. The van der Waals surface area contributed by atoms with Crippen LogP contribution >= 0.6 is 11.6 Å². The minimum Gasteiger partial charge on any atom is -0.354 e. The van der Waals surface area contributed by atoms with Gasteiger partial charge in [-0.05, 0) is 29.8 Å². The van der Waals surface area contributed by atoms with Gasteiger partial charge in [0.2, 0.25) is 5.91 Å². The highest BCUT2D eigenvalue weighted by atomic mass is 35.5. The Morgan fingerprint density at radius 2 is 1.74 bits per heavy atom. The summed E-state index contributed by atoms with van der Waals surface area (Å²) in [6.07, 6.45) is 0.0935. The number of carbonyl (C=O) groups excluding carboxylic acids is 2. The Morgan fingerprint density at radius 3 is 2.48 bits per heavy atom. The third-order valence-corrected chi connectivity index (χ3v) is 3.43. The summed E-state index contributed by atoms with van der Waals surface area (Å²) in [4.78, 5) is 23.6. The summed E-state index contributed by atoms with van der Waals surface area (Å²) in [6, 6.07) is 12.6. The molecular weight excluding hydrogens is 319 g/mol. The maximum atomic E-state index is 13.0. The van der Waals surface area contributed by atoms with E-state index in [1.165, 1.54) is 12.1 Å². The van der Waals surface area contributed by atoms with Crippen LogP contribution in [-0.4, -0.2) is 24.9 Å². The van der Waals surface area contributed by atoms with Crippen molar-refractivity contribution in [3.05, 3.63) is 70.5 Å². The summed E-state index contributed by atoms with van der Waals surface area (Å²) in [5, 5.41) is 5.71. The van der Waals surface area contributed by atoms with Gasteiger partial charge >= 0.3 is 0 Å². The smallest absolute Gasteiger partial charge is 0.252 e. The Labute approximate surface area is 138 Å². The SMILES string of the molecule is O=C(Cc1cccc(F)c1)NCCNC(=O)c1ccccc1Cl. The highest BCUT2D eigenvalue weighted by molar-refractivity contribution is 6.33. The summed E-state index contributed by atoms with van der Waals surface area (Å²) in [7, 11) is 0. The quantitative estimate of drug-likeness (QED) is 0.798. The van der Waals surface area contributed by atoms with Gasteiger partial charge in [0.1, 0.15) is 5.82 Å². The molecule has 0 spiro atoms. The van der Waals surface area contributed by atoms with Crippen LogP contribution in [0.25, 0.3) is 0 Å². The molecule has 6 heteroatoms. The molecule has 0 aliphatic carbocycles. The summed E-state index contributed by atoms with van der Waals surface area (Å²) in [6.45, 7) is 0.559. The standard InChI is InChI=1S/C17H16ClFN2O2/c18-15-7-2-1-6-14(15)17(23)21-9-8-20-16(22)11-12-4-3-5-13(19)10-12/h1-7,10H,8-9,11H2,(H,20,22)(H,21,23). The number of amides is 2. The predicted molar refractivity (Wildman–Crippen MR) is 86.9 cm³/mol. The molecule has 0 saturated heterocycles. The molecule has 120 valence electrons. The first-order chi connectivity index (χ1) is 11.1. The molecule has 0 unspecified atom stereocenters. The molecule has 2 amide bonds. The topological polar surface area (TPSA) is 58.2 Å². The maximum Gasteiger partial charge on any atom is 0.252 e. The Bertz CT molecular complexity index is 706. The zero-order chi connectivity index (χ0) is 16.7. The van der Waals surface area contributed by atoms with Crippen LogP contribution in [0.2, 0.25) is 5.02 Å². The number of carbonyl (C=O) groups is 2. The first-order valence-electron chi connectivity index (χ1n) is 7.10. The van der Waals surface area contributed by atoms with Gasteiger partial charge < -0.3 is 10.6 Å². The highest BCUT2D eigenvalue weighted by Gasteiger charge is 2.09. The van der Waals surface area contributed by atoms with E-state index in [2.05, 4.69) is 10.6 Å². The van der Waals surface area contributed by atoms with Crippen molar-refractivity contribution in [1.82, 2.24) is 10.6 Å². The molecule has 2 N–H and O–H groups in total. The Morgan fingerprint density at radius 1 is 1.00 bits per heavy atom. The normalized spacial score (nSPS) is 10.2. The van der Waals surface area contributed by atoms with Crippen LogP contribution in [-0.2, 0) is 11.2 Å². The van der Waals surface area contributed by atoms with E-state index < -0.39 is 0 Å². The van der Waals surface area contributed by atoms with E-state index in [0.717, 1.165) is 0 Å². The molecule has 0 saturated carbocycles. The predicted octanol–water partition coefficient (Wildman–Crippen LogP) is 2.57. The average Bonchev–Trinajstić information content (AvgIpc) is 2.52. The van der Waals surface area contributed by atoms with Crippen molar-refractivity contribution in [2.24, 2.45) is 0 Å². The summed E-state index contributed by atoms with van der Waals surface area (Å²) in [5.41, 5.74) is 0.989. The highest BCUT2D eigenvalue weighted by Crippen LogP contribution is 2.14. The number of rotatable bonds is 6. The van der Waals surface area contributed by atoms with Gasteiger partial charge in [-0.25, -0.2) is 4.39 Å². The lowest BCUT2D eigenvalue weighted by atomic mass is 10.1. The molecule has 0 heterocycles. The number of hydrogen-bond acceptors (Lipinski definition) is 2. The van der Waals surface area contributed by atoms with E-state index in [1.54, 1.807) is 36.4 Å². The molecule has 4 nitrogen and oxygen atoms in total. The number of halogens is 2. The van der Waals surface area contributed by atoms with Crippen LogP contribution < -0.4 is 10.6 Å². The lowest BCUT2D eigenvalue weighted by Crippen LogP contribution is -2.35. The molecule has 0 aliphatic rings. The third-order valence-electron chi connectivity index (χ3n) is 3.10. The van der Waals surface area contributed by atoms with Gasteiger partial charge in [-0.15, -0.1) is 0 Å². The fraction of sp³-hybridized carbons (Fsp3) is 0.176. The minimum absolute atomic E-state index is 0.0935. The van der Waals surface area contributed by atoms with E-state index in [0.29, 0.717) is 16.1 Å². The van der Waals surface area contributed by atoms with Gasteiger partial charge in [0.15, 0.2) is 0 Å². The van der Waals surface area contributed by atoms with Gasteiger partial charge in [-0.1, -0.05) is 35.9 Å². The van der Waals surface area contributed by atoms with E-state index in [9.17, 15) is 14.0 Å². The fourth-order valence-corrected chi connectivity index (χ4v) is 2.23. The monoisotopic (exact) mass is 334 g/mol. The van der Waals surface area contributed by atoms with Crippen molar-refractivity contribution in [3.63, 3.8) is 0 Å². The number of nitrogens with one attached hydrogen (secondary N) is 2. The molecule has 0 bridgehead atoms. The molecule has 2 aromatic carbocycles. The summed E-state index contributed by atoms with van der Waals surface area (Å²) in [5.74, 6) is -0.903. The van der Waals surface area contributed by atoms with Crippen molar-refractivity contribution in [2.75, 3.05) is 13.1 Å². The minimum atomic E-state index is -0.373. The molecule has 2 aromatic rings. The molecule has 0 aromatic heterocycles. The molecule has 0 aliphatic heterocycles. The summed E-state index contributed by atoms with van der Waals surface area (Å²) >= 11 is 5.92. The first kappa shape index (κ1) is 17.0. The lowest BCUT2D eigenvalue weighted by Gasteiger charge is -2.08. The zero-order valence-corrected chi connectivity index (χ0v) is 13.1. The Hall–Kier alpha value is -2.40. The molecular formula is C17H16ClFN2O2. The second-order valence-electron chi connectivity index (χ2n) is 4.89. The van der Waals surface area contributed by atoms with Crippen LogP contribution in [0, 0.1) is 5.82 Å². The Kier molecular flexibility index (Phi) is 6.11. The lowest BCUT2D eigenvalue weighted by molar-refractivity contribution is -0.120. The maximum absolute atomic E-state index is 13.0. The molecule has 0 atom stereocenters. The van der Waals surface area contributed by atoms with E-state index >= 15 is 0 Å². The van der Waals surface area contributed by atoms with Gasteiger partial charge in [-0.2, -0.15) is 0 Å². The van der Waals surface area contributed by atoms with Crippen molar-refractivity contribution in [1.29, 1.82) is 0 Å². The van der Waals surface area contributed by atoms with Crippen LogP contribution in [0.1, 0.15) is 15.9 Å². The van der Waals surface area contributed by atoms with Gasteiger partial charge in [0, 0.05) is 13.1 Å². The summed E-state index contributed by atoms with van der Waals surface area (Å²) < 4.78 is 13.0. The van der Waals surface area contributed by atoms with E-state index in [-0.39, 0.29) is 37.1 Å². The molecule has 23 heavy (non-hydrogen) atoms. The van der Waals surface area contributed by atoms with E-state index in [4.69, 9.17) is 11.6 Å². The third kappa shape index (κ3) is 5.38. The Balaban J connectivity index is 1.72. The van der Waals surface area contributed by atoms with Gasteiger partial charge in [-0.3, -0.25) is 9.59 Å². The van der Waals surface area contributed by atoms with Crippen LogP contribution in [0.15, 0.2) is 48.5 Å². The molecule has 0 fully saturated rings. The van der Waals surface area contributed by atoms with Gasteiger partial charge in [0.05, 0.1) is 17.0 Å². The number of benzene rings is 2. The second-order valence-corrected chi connectivity index (χ2v) is 5.30.